The molecular weight excluding hydrogens is 132 g/mol. The first kappa shape index (κ1) is 6.68. The summed E-state index contributed by atoms with van der Waals surface area (Å²) in [5, 5.41) is 6.26. The molecule has 1 aliphatic rings. The molecule has 0 saturated heterocycles. The third-order valence-electron chi connectivity index (χ3n) is 1.10. The Labute approximate surface area is 59.4 Å². The minimum absolute atomic E-state index is 0.435. The third-order valence-corrected chi connectivity index (χ3v) is 1.92. The van der Waals surface area contributed by atoms with E-state index in [9.17, 15) is 0 Å². The Kier molecular flexibility index (Phi) is 2.16. The molecule has 0 aliphatic carbocycles. The second-order valence-electron chi connectivity index (χ2n) is 1.91. The lowest BCUT2D eigenvalue weighted by molar-refractivity contribution is 0.811. The smallest absolute Gasteiger partial charge is 0.161 e. The molecule has 9 heavy (non-hydrogen) atoms. The molecule has 1 N–H and O–H groups in total. The summed E-state index contributed by atoms with van der Waals surface area (Å²) in [4.78, 5) is 4.02. The summed E-state index contributed by atoms with van der Waals surface area (Å²) in [5.74, 6) is 0. The Hall–Kier alpha value is -0.440. The maximum atomic E-state index is 4.02. The second kappa shape index (κ2) is 2.92. The molecular formula is C6H10N2S. The fraction of sp³-hybridized carbons (Fsp3) is 0.500. The second-order valence-corrected chi connectivity index (χ2v) is 2.80. The van der Waals surface area contributed by atoms with Crippen molar-refractivity contribution in [1.29, 1.82) is 0 Å². The SMILES string of the molecule is CN=C1NC(C)C=CS1. The number of hydrogen-bond donors (Lipinski definition) is 1. The number of hydrogen-bond acceptors (Lipinski definition) is 2. The minimum atomic E-state index is 0.435. The average Bonchev–Trinajstić information content (AvgIpc) is 1.88. The molecule has 3 heteroatoms. The molecule has 0 radical (unpaired) electrons. The lowest BCUT2D eigenvalue weighted by Gasteiger charge is -2.15. The number of aliphatic imine (C=N–C) groups is 1. The molecule has 1 aliphatic heterocycles. The first-order chi connectivity index (χ1) is 4.33. The van der Waals surface area contributed by atoms with Crippen molar-refractivity contribution in [3.8, 4) is 0 Å². The molecule has 2 nitrogen and oxygen atoms in total. The Morgan fingerprint density at radius 1 is 1.78 bits per heavy atom. The van der Waals surface area contributed by atoms with Gasteiger partial charge >= 0.3 is 0 Å². The molecule has 0 bridgehead atoms. The van der Waals surface area contributed by atoms with Crippen molar-refractivity contribution in [2.75, 3.05) is 7.05 Å². The van der Waals surface area contributed by atoms with Crippen molar-refractivity contribution in [1.82, 2.24) is 5.32 Å². The van der Waals surface area contributed by atoms with Crippen molar-refractivity contribution in [2.24, 2.45) is 4.99 Å². The Morgan fingerprint density at radius 3 is 3.00 bits per heavy atom. The van der Waals surface area contributed by atoms with E-state index in [1.165, 1.54) is 0 Å². The van der Waals surface area contributed by atoms with E-state index >= 15 is 0 Å². The zero-order valence-corrected chi connectivity index (χ0v) is 6.40. The predicted molar refractivity (Wildman–Crippen MR) is 42.7 cm³/mol. The first-order valence-electron chi connectivity index (χ1n) is 2.89. The van der Waals surface area contributed by atoms with Gasteiger partial charge < -0.3 is 5.32 Å². The van der Waals surface area contributed by atoms with Crippen LogP contribution in [0, 0.1) is 0 Å². The molecule has 0 saturated carbocycles. The van der Waals surface area contributed by atoms with Gasteiger partial charge in [0.15, 0.2) is 5.17 Å². The maximum absolute atomic E-state index is 4.02. The molecule has 0 aromatic heterocycles. The van der Waals surface area contributed by atoms with E-state index in [0.717, 1.165) is 5.17 Å². The van der Waals surface area contributed by atoms with Gasteiger partial charge in [-0.15, -0.1) is 0 Å². The van der Waals surface area contributed by atoms with Crippen LogP contribution in [0.3, 0.4) is 0 Å². The molecule has 0 fully saturated rings. The van der Waals surface area contributed by atoms with Gasteiger partial charge in [-0.1, -0.05) is 17.8 Å². The highest BCUT2D eigenvalue weighted by atomic mass is 32.2. The zero-order chi connectivity index (χ0) is 6.69. The monoisotopic (exact) mass is 142 g/mol. The summed E-state index contributed by atoms with van der Waals surface area (Å²) in [5.41, 5.74) is 0. The molecule has 0 aromatic carbocycles. The quantitative estimate of drug-likeness (QED) is 0.550. The maximum Gasteiger partial charge on any atom is 0.161 e. The van der Waals surface area contributed by atoms with Gasteiger partial charge in [0.05, 0.1) is 0 Å². The van der Waals surface area contributed by atoms with Crippen LogP contribution in [0.25, 0.3) is 0 Å². The highest BCUT2D eigenvalue weighted by molar-refractivity contribution is 8.16. The first-order valence-corrected chi connectivity index (χ1v) is 3.77. The topological polar surface area (TPSA) is 24.4 Å². The molecule has 1 rings (SSSR count). The van der Waals surface area contributed by atoms with Gasteiger partial charge in [0.2, 0.25) is 0 Å². The van der Waals surface area contributed by atoms with Crippen molar-refractivity contribution >= 4 is 16.9 Å². The highest BCUT2D eigenvalue weighted by Gasteiger charge is 2.04. The zero-order valence-electron chi connectivity index (χ0n) is 5.59. The van der Waals surface area contributed by atoms with E-state index in [1.54, 1.807) is 18.8 Å². The number of nitrogens with zero attached hydrogens (tertiary/aromatic N) is 1. The predicted octanol–water partition coefficient (Wildman–Crippen LogP) is 1.21. The van der Waals surface area contributed by atoms with E-state index in [1.807, 2.05) is 0 Å². The number of thioether (sulfide) groups is 1. The van der Waals surface area contributed by atoms with Crippen LogP contribution in [0.15, 0.2) is 16.5 Å². The molecule has 0 amide bonds. The van der Waals surface area contributed by atoms with Crippen molar-refractivity contribution in [3.63, 3.8) is 0 Å². The summed E-state index contributed by atoms with van der Waals surface area (Å²) in [6.07, 6.45) is 2.11. The highest BCUT2D eigenvalue weighted by Crippen LogP contribution is 2.09. The fourth-order valence-corrected chi connectivity index (χ4v) is 1.42. The van der Waals surface area contributed by atoms with Crippen LogP contribution in [0.5, 0.6) is 0 Å². The number of rotatable bonds is 0. The molecule has 1 unspecified atom stereocenters. The van der Waals surface area contributed by atoms with Gasteiger partial charge in [0.25, 0.3) is 0 Å². The summed E-state index contributed by atoms with van der Waals surface area (Å²) in [6.45, 7) is 2.10. The Bertz CT molecular complexity index is 151. The molecule has 0 spiro atoms. The van der Waals surface area contributed by atoms with Crippen LogP contribution in [-0.2, 0) is 0 Å². The fourth-order valence-electron chi connectivity index (χ4n) is 0.616. The normalized spacial score (nSPS) is 30.4. The van der Waals surface area contributed by atoms with Crippen LogP contribution >= 0.6 is 11.8 Å². The van der Waals surface area contributed by atoms with Crippen LogP contribution < -0.4 is 5.32 Å². The van der Waals surface area contributed by atoms with Gasteiger partial charge in [-0.25, -0.2) is 0 Å². The summed E-state index contributed by atoms with van der Waals surface area (Å²) in [7, 11) is 1.79. The van der Waals surface area contributed by atoms with Crippen molar-refractivity contribution in [2.45, 2.75) is 13.0 Å². The number of nitrogens with one attached hydrogen (secondary N) is 1. The van der Waals surface area contributed by atoms with Gasteiger partial charge in [-0.3, -0.25) is 4.99 Å². The summed E-state index contributed by atoms with van der Waals surface area (Å²) < 4.78 is 0. The number of amidine groups is 1. The van der Waals surface area contributed by atoms with E-state index in [4.69, 9.17) is 0 Å². The third kappa shape index (κ3) is 1.75. The lowest BCUT2D eigenvalue weighted by atomic mass is 10.3. The van der Waals surface area contributed by atoms with Crippen LogP contribution in [0.2, 0.25) is 0 Å². The van der Waals surface area contributed by atoms with Crippen LogP contribution in [0.4, 0.5) is 0 Å². The van der Waals surface area contributed by atoms with Gasteiger partial charge in [0.1, 0.15) is 0 Å². The molecule has 50 valence electrons. The van der Waals surface area contributed by atoms with E-state index in [0.29, 0.717) is 6.04 Å². The molecule has 1 atom stereocenters. The summed E-state index contributed by atoms with van der Waals surface area (Å²) >= 11 is 1.63. The van der Waals surface area contributed by atoms with Crippen molar-refractivity contribution in [3.05, 3.63) is 11.5 Å². The van der Waals surface area contributed by atoms with E-state index < -0.39 is 0 Å². The van der Waals surface area contributed by atoms with Crippen molar-refractivity contribution < 1.29 is 0 Å². The largest absolute Gasteiger partial charge is 0.359 e. The van der Waals surface area contributed by atoms with Gasteiger partial charge in [0, 0.05) is 13.1 Å². The van der Waals surface area contributed by atoms with Gasteiger partial charge in [-0.05, 0) is 12.3 Å². The van der Waals surface area contributed by atoms with E-state index in [-0.39, 0.29) is 0 Å². The Balaban J connectivity index is 2.58. The minimum Gasteiger partial charge on any atom is -0.359 e. The summed E-state index contributed by atoms with van der Waals surface area (Å²) in [6, 6.07) is 0.435. The molecule has 0 aromatic rings. The lowest BCUT2D eigenvalue weighted by Crippen LogP contribution is -2.30. The molecule has 1 heterocycles. The van der Waals surface area contributed by atoms with Crippen LogP contribution in [0.1, 0.15) is 6.92 Å². The van der Waals surface area contributed by atoms with E-state index in [2.05, 4.69) is 28.7 Å². The average molecular weight is 142 g/mol. The van der Waals surface area contributed by atoms with Crippen LogP contribution in [-0.4, -0.2) is 18.3 Å². The standard InChI is InChI=1S/C6H10N2S/c1-5-3-4-9-6(7-2)8-5/h3-5H,1-2H3,(H,7,8). The Morgan fingerprint density at radius 2 is 2.56 bits per heavy atom. The van der Waals surface area contributed by atoms with Gasteiger partial charge in [-0.2, -0.15) is 0 Å².